The number of allylic oxidation sites excluding steroid dienone is 1. The van der Waals surface area contributed by atoms with Gasteiger partial charge in [-0.2, -0.15) is 0 Å². The molecule has 0 radical (unpaired) electrons. The van der Waals surface area contributed by atoms with Crippen LogP contribution in [0.25, 0.3) is 0 Å². The van der Waals surface area contributed by atoms with Crippen LogP contribution in [0.1, 0.15) is 32.1 Å². The predicted octanol–water partition coefficient (Wildman–Crippen LogP) is 2.55. The fourth-order valence-corrected chi connectivity index (χ4v) is 1.34. The Hall–Kier alpha value is -0.630. The first-order valence-electron chi connectivity index (χ1n) is 4.62. The summed E-state index contributed by atoms with van der Waals surface area (Å²) in [5, 5.41) is 0. The topological polar surface area (TPSA) is 21.6 Å². The van der Waals surface area contributed by atoms with E-state index in [0.717, 1.165) is 19.4 Å². The fourth-order valence-electron chi connectivity index (χ4n) is 1.34. The molecule has 0 aliphatic carbocycles. The van der Waals surface area contributed by atoms with Crippen molar-refractivity contribution in [3.8, 4) is 0 Å². The number of rotatable bonds is 5. The Balaban J connectivity index is 2.06. The second kappa shape index (κ2) is 5.95. The van der Waals surface area contributed by atoms with Crippen LogP contribution < -0.4 is 0 Å². The molecule has 1 aliphatic rings. The van der Waals surface area contributed by atoms with Gasteiger partial charge in [0.25, 0.3) is 0 Å². The zero-order valence-corrected chi connectivity index (χ0v) is 7.75. The van der Waals surface area contributed by atoms with Gasteiger partial charge < -0.3 is 4.74 Å². The molecule has 0 saturated heterocycles. The second-order valence-electron chi connectivity index (χ2n) is 3.11. The summed E-state index contributed by atoms with van der Waals surface area (Å²) < 4.78 is 4.98. The molecule has 0 unspecified atom stereocenters. The van der Waals surface area contributed by atoms with Crippen molar-refractivity contribution in [3.05, 3.63) is 11.8 Å². The van der Waals surface area contributed by atoms with E-state index < -0.39 is 0 Å². The van der Waals surface area contributed by atoms with Crippen LogP contribution in [0.5, 0.6) is 0 Å². The van der Waals surface area contributed by atoms with Crippen LogP contribution in [0, 0.1) is 0 Å². The number of ether oxygens (including phenoxy) is 1. The van der Waals surface area contributed by atoms with Crippen molar-refractivity contribution in [2.45, 2.75) is 32.1 Å². The summed E-state index contributed by atoms with van der Waals surface area (Å²) in [5.74, 6) is 0. The van der Waals surface area contributed by atoms with Gasteiger partial charge in [-0.25, -0.2) is 0 Å². The molecule has 1 heterocycles. The molecular weight excluding hydrogens is 150 g/mol. The van der Waals surface area contributed by atoms with Crippen molar-refractivity contribution in [2.24, 2.45) is 4.99 Å². The van der Waals surface area contributed by atoms with Crippen LogP contribution in [0.15, 0.2) is 16.8 Å². The zero-order valence-electron chi connectivity index (χ0n) is 7.75. The Morgan fingerprint density at radius 3 is 3.08 bits per heavy atom. The predicted molar refractivity (Wildman–Crippen MR) is 51.5 cm³/mol. The molecule has 1 aliphatic heterocycles. The van der Waals surface area contributed by atoms with E-state index in [1.807, 2.05) is 12.4 Å². The molecular formula is C10H17NO. The van der Waals surface area contributed by atoms with Gasteiger partial charge in [-0.15, -0.1) is 0 Å². The molecule has 0 bridgehead atoms. The first kappa shape index (κ1) is 9.46. The van der Waals surface area contributed by atoms with Crippen LogP contribution in [0.3, 0.4) is 0 Å². The first-order chi connectivity index (χ1) is 5.93. The Bertz CT molecular complexity index is 173. The largest absolute Gasteiger partial charge is 0.385 e. The maximum Gasteiger partial charge on any atom is 0.0462 e. The third-order valence-corrected chi connectivity index (χ3v) is 2.05. The molecule has 68 valence electrons. The normalized spacial score (nSPS) is 16.2. The molecule has 2 heteroatoms. The van der Waals surface area contributed by atoms with E-state index in [-0.39, 0.29) is 0 Å². The van der Waals surface area contributed by atoms with Crippen molar-refractivity contribution in [2.75, 3.05) is 13.7 Å². The average Bonchev–Trinajstić information content (AvgIpc) is 2.14. The van der Waals surface area contributed by atoms with Crippen molar-refractivity contribution in [1.29, 1.82) is 0 Å². The Kier molecular flexibility index (Phi) is 4.69. The molecule has 0 fully saturated rings. The van der Waals surface area contributed by atoms with Gasteiger partial charge in [0.2, 0.25) is 0 Å². The van der Waals surface area contributed by atoms with E-state index in [1.54, 1.807) is 7.11 Å². The Morgan fingerprint density at radius 2 is 2.42 bits per heavy atom. The Morgan fingerprint density at radius 1 is 1.50 bits per heavy atom. The third-order valence-electron chi connectivity index (χ3n) is 2.05. The number of nitrogens with zero attached hydrogens (tertiary/aromatic N) is 1. The number of hydrogen-bond acceptors (Lipinski definition) is 2. The summed E-state index contributed by atoms with van der Waals surface area (Å²) in [6.45, 7) is 0.885. The van der Waals surface area contributed by atoms with Gasteiger partial charge in [-0.3, -0.25) is 4.99 Å². The lowest BCUT2D eigenvalue weighted by Gasteiger charge is -2.07. The summed E-state index contributed by atoms with van der Waals surface area (Å²) in [7, 11) is 1.75. The highest BCUT2D eigenvalue weighted by molar-refractivity contribution is 5.60. The van der Waals surface area contributed by atoms with Gasteiger partial charge in [0, 0.05) is 26.1 Å². The molecule has 0 amide bonds. The molecule has 0 saturated carbocycles. The van der Waals surface area contributed by atoms with Gasteiger partial charge in [-0.1, -0.05) is 5.57 Å². The standard InChI is InChI=1S/C10H17NO/c1-12-8-3-2-5-10-6-4-7-11-9-10/h7,9H,2-6,8H2,1H3. The van der Waals surface area contributed by atoms with E-state index in [4.69, 9.17) is 4.74 Å². The number of aliphatic imine (C=N–C) groups is 1. The van der Waals surface area contributed by atoms with Gasteiger partial charge in [-0.05, 0) is 32.1 Å². The summed E-state index contributed by atoms with van der Waals surface area (Å²) >= 11 is 0. The molecule has 1 rings (SSSR count). The molecule has 0 spiro atoms. The van der Waals surface area contributed by atoms with Crippen LogP contribution in [0.4, 0.5) is 0 Å². The van der Waals surface area contributed by atoms with E-state index in [9.17, 15) is 0 Å². The van der Waals surface area contributed by atoms with Crippen LogP contribution in [-0.2, 0) is 4.74 Å². The van der Waals surface area contributed by atoms with Crippen LogP contribution in [-0.4, -0.2) is 19.9 Å². The van der Waals surface area contributed by atoms with Crippen molar-refractivity contribution >= 4 is 6.21 Å². The Labute approximate surface area is 74.3 Å². The SMILES string of the molecule is COCCCCC1=CN=CCC1. The average molecular weight is 167 g/mol. The number of hydrogen-bond donors (Lipinski definition) is 0. The summed E-state index contributed by atoms with van der Waals surface area (Å²) in [6.07, 6.45) is 9.91. The van der Waals surface area contributed by atoms with Crippen LogP contribution in [0.2, 0.25) is 0 Å². The lowest BCUT2D eigenvalue weighted by Crippen LogP contribution is -1.93. The number of methoxy groups -OCH3 is 1. The molecule has 12 heavy (non-hydrogen) atoms. The van der Waals surface area contributed by atoms with E-state index in [1.165, 1.54) is 24.8 Å². The second-order valence-corrected chi connectivity index (χ2v) is 3.11. The quantitative estimate of drug-likeness (QED) is 0.577. The molecule has 0 aromatic heterocycles. The monoisotopic (exact) mass is 167 g/mol. The minimum atomic E-state index is 0.885. The first-order valence-corrected chi connectivity index (χ1v) is 4.62. The summed E-state index contributed by atoms with van der Waals surface area (Å²) in [6, 6.07) is 0. The fraction of sp³-hybridized carbons (Fsp3) is 0.700. The van der Waals surface area contributed by atoms with Crippen molar-refractivity contribution in [3.63, 3.8) is 0 Å². The molecule has 0 N–H and O–H groups in total. The lowest BCUT2D eigenvalue weighted by atomic mass is 10.0. The smallest absolute Gasteiger partial charge is 0.0462 e. The third kappa shape index (κ3) is 3.67. The van der Waals surface area contributed by atoms with Crippen LogP contribution >= 0.6 is 0 Å². The lowest BCUT2D eigenvalue weighted by molar-refractivity contribution is 0.193. The molecule has 0 atom stereocenters. The summed E-state index contributed by atoms with van der Waals surface area (Å²) in [4.78, 5) is 4.14. The van der Waals surface area contributed by atoms with Gasteiger partial charge in [0.1, 0.15) is 0 Å². The maximum atomic E-state index is 4.98. The van der Waals surface area contributed by atoms with E-state index >= 15 is 0 Å². The van der Waals surface area contributed by atoms with E-state index in [0.29, 0.717) is 0 Å². The highest BCUT2D eigenvalue weighted by atomic mass is 16.5. The molecule has 2 nitrogen and oxygen atoms in total. The minimum absolute atomic E-state index is 0.885. The maximum absolute atomic E-state index is 4.98. The highest BCUT2D eigenvalue weighted by Gasteiger charge is 1.99. The molecule has 0 aromatic carbocycles. The van der Waals surface area contributed by atoms with Gasteiger partial charge in [0.15, 0.2) is 0 Å². The van der Waals surface area contributed by atoms with Gasteiger partial charge >= 0.3 is 0 Å². The van der Waals surface area contributed by atoms with E-state index in [2.05, 4.69) is 4.99 Å². The van der Waals surface area contributed by atoms with Crippen molar-refractivity contribution in [1.82, 2.24) is 0 Å². The van der Waals surface area contributed by atoms with Gasteiger partial charge in [0.05, 0.1) is 0 Å². The zero-order chi connectivity index (χ0) is 8.65. The number of unbranched alkanes of at least 4 members (excludes halogenated alkanes) is 1. The van der Waals surface area contributed by atoms with Crippen molar-refractivity contribution < 1.29 is 4.74 Å². The molecule has 0 aromatic rings. The minimum Gasteiger partial charge on any atom is -0.385 e. The summed E-state index contributed by atoms with van der Waals surface area (Å²) in [5.41, 5.74) is 1.49. The highest BCUT2D eigenvalue weighted by Crippen LogP contribution is 2.15.